The average Bonchev–Trinajstić information content (AvgIpc) is 3.17. The second-order valence-electron chi connectivity index (χ2n) is 10.0. The Morgan fingerprint density at radius 1 is 1.04 bits per heavy atom. The van der Waals surface area contributed by atoms with Crippen molar-refractivity contribution in [3.8, 4) is 0 Å². The van der Waals surface area contributed by atoms with E-state index < -0.39 is 0 Å². The SMILES string of the molecule is CC(C)(C)NC(=O)OC1CCCCCCCC2CC2NCC2CCCN2C1. The molecule has 0 aromatic carbocycles. The Hall–Kier alpha value is -0.810. The van der Waals surface area contributed by atoms with E-state index in [1.165, 1.54) is 51.4 Å². The van der Waals surface area contributed by atoms with Gasteiger partial charge in [0.2, 0.25) is 0 Å². The first kappa shape index (κ1) is 20.9. The third-order valence-corrected chi connectivity index (χ3v) is 6.33. The van der Waals surface area contributed by atoms with E-state index in [1.807, 2.05) is 20.8 Å². The fraction of sp³-hybridized carbons (Fsp3) is 0.955. The Labute approximate surface area is 166 Å². The maximum Gasteiger partial charge on any atom is 0.407 e. The van der Waals surface area contributed by atoms with E-state index in [2.05, 4.69) is 15.5 Å². The molecule has 3 aliphatic rings. The summed E-state index contributed by atoms with van der Waals surface area (Å²) in [6, 6.07) is 1.37. The highest BCUT2D eigenvalue weighted by Crippen LogP contribution is 2.35. The lowest BCUT2D eigenvalue weighted by molar-refractivity contribution is 0.0559. The number of nitrogens with zero attached hydrogens (tertiary/aromatic N) is 1. The number of nitrogens with one attached hydrogen (secondary N) is 2. The fourth-order valence-electron chi connectivity index (χ4n) is 4.72. The van der Waals surface area contributed by atoms with Gasteiger partial charge in [-0.25, -0.2) is 4.79 Å². The van der Waals surface area contributed by atoms with Crippen LogP contribution in [0.2, 0.25) is 0 Å². The molecule has 2 heterocycles. The summed E-state index contributed by atoms with van der Waals surface area (Å²) in [4.78, 5) is 14.9. The molecule has 1 aliphatic carbocycles. The van der Waals surface area contributed by atoms with Gasteiger partial charge in [-0.2, -0.15) is 0 Å². The van der Waals surface area contributed by atoms with Crippen molar-refractivity contribution in [2.45, 2.75) is 109 Å². The lowest BCUT2D eigenvalue weighted by atomic mass is 10.1. The molecule has 0 aromatic rings. The van der Waals surface area contributed by atoms with Crippen LogP contribution >= 0.6 is 0 Å². The van der Waals surface area contributed by atoms with Crippen molar-refractivity contribution in [2.75, 3.05) is 19.6 Å². The first-order valence-corrected chi connectivity index (χ1v) is 11.4. The largest absolute Gasteiger partial charge is 0.445 e. The molecule has 1 amide bonds. The molecule has 2 saturated heterocycles. The zero-order valence-corrected chi connectivity index (χ0v) is 17.8. The first-order chi connectivity index (χ1) is 12.9. The van der Waals surface area contributed by atoms with Gasteiger partial charge in [-0.15, -0.1) is 0 Å². The van der Waals surface area contributed by atoms with E-state index >= 15 is 0 Å². The highest BCUT2D eigenvalue weighted by Gasteiger charge is 2.37. The second-order valence-corrected chi connectivity index (χ2v) is 10.0. The third-order valence-electron chi connectivity index (χ3n) is 6.33. The molecule has 27 heavy (non-hydrogen) atoms. The van der Waals surface area contributed by atoms with E-state index in [0.717, 1.165) is 44.4 Å². The molecule has 1 saturated carbocycles. The van der Waals surface area contributed by atoms with E-state index in [1.54, 1.807) is 0 Å². The van der Waals surface area contributed by atoms with Crippen molar-refractivity contribution in [3.05, 3.63) is 0 Å². The third kappa shape index (κ3) is 7.26. The van der Waals surface area contributed by atoms with Crippen molar-refractivity contribution in [1.82, 2.24) is 15.5 Å². The Bertz CT molecular complexity index is 477. The molecule has 3 rings (SSSR count). The molecule has 2 aliphatic heterocycles. The van der Waals surface area contributed by atoms with E-state index in [4.69, 9.17) is 4.74 Å². The minimum Gasteiger partial charge on any atom is -0.445 e. The van der Waals surface area contributed by atoms with Gasteiger partial charge in [0.05, 0.1) is 0 Å². The Kier molecular flexibility index (Phi) is 7.43. The summed E-state index contributed by atoms with van der Waals surface area (Å²) < 4.78 is 5.88. The van der Waals surface area contributed by atoms with Crippen molar-refractivity contribution in [1.29, 1.82) is 0 Å². The number of carbonyl (C=O) groups is 1. The molecule has 2 N–H and O–H groups in total. The summed E-state index contributed by atoms with van der Waals surface area (Å²) in [5.74, 6) is 0.933. The maximum absolute atomic E-state index is 12.3. The van der Waals surface area contributed by atoms with Crippen LogP contribution in [0, 0.1) is 5.92 Å². The van der Waals surface area contributed by atoms with Crippen LogP contribution in [0.4, 0.5) is 4.79 Å². The molecular formula is C22H41N3O2. The van der Waals surface area contributed by atoms with Gasteiger partial charge in [0.1, 0.15) is 6.10 Å². The molecule has 5 heteroatoms. The summed E-state index contributed by atoms with van der Waals surface area (Å²) in [6.45, 7) is 9.12. The molecular weight excluding hydrogens is 338 g/mol. The predicted octanol–water partition coefficient (Wildman–Crippen LogP) is 4.07. The van der Waals surface area contributed by atoms with Crippen LogP contribution in [0.5, 0.6) is 0 Å². The highest BCUT2D eigenvalue weighted by atomic mass is 16.6. The predicted molar refractivity (Wildman–Crippen MR) is 110 cm³/mol. The van der Waals surface area contributed by atoms with Crippen LogP contribution in [0.25, 0.3) is 0 Å². The summed E-state index contributed by atoms with van der Waals surface area (Å²) in [5, 5.41) is 6.78. The molecule has 4 unspecified atom stereocenters. The topological polar surface area (TPSA) is 53.6 Å². The number of hydrogen-bond acceptors (Lipinski definition) is 4. The minimum atomic E-state index is -0.264. The van der Waals surface area contributed by atoms with Crippen LogP contribution in [0.1, 0.15) is 85.0 Å². The van der Waals surface area contributed by atoms with Gasteiger partial charge in [0.25, 0.3) is 0 Å². The van der Waals surface area contributed by atoms with Crippen molar-refractivity contribution >= 4 is 6.09 Å². The van der Waals surface area contributed by atoms with Crippen LogP contribution in [-0.2, 0) is 4.74 Å². The first-order valence-electron chi connectivity index (χ1n) is 11.4. The van der Waals surface area contributed by atoms with Crippen molar-refractivity contribution in [2.24, 2.45) is 5.92 Å². The zero-order chi connectivity index (χ0) is 19.3. The quantitative estimate of drug-likeness (QED) is 0.721. The molecule has 0 spiro atoms. The zero-order valence-electron chi connectivity index (χ0n) is 17.8. The molecule has 5 nitrogen and oxygen atoms in total. The number of alkyl carbamates (subject to hydrolysis) is 1. The lowest BCUT2D eigenvalue weighted by Crippen LogP contribution is -2.46. The number of fused-ring (bicyclic) bond motifs is 2. The standard InChI is InChI=1S/C22H41N3O2/c1-22(2,3)24-21(26)27-19-12-8-6-4-5-7-10-17-14-20(17)23-15-18-11-9-13-25(18)16-19/h17-20,23H,4-16H2,1-3H3,(H,24,26). The fourth-order valence-corrected chi connectivity index (χ4v) is 4.72. The summed E-state index contributed by atoms with van der Waals surface area (Å²) in [5.41, 5.74) is -0.252. The number of amides is 1. The lowest BCUT2D eigenvalue weighted by Gasteiger charge is -2.30. The normalized spacial score (nSPS) is 33.9. The highest BCUT2D eigenvalue weighted by molar-refractivity contribution is 5.68. The van der Waals surface area contributed by atoms with Crippen LogP contribution < -0.4 is 10.6 Å². The average molecular weight is 380 g/mol. The second kappa shape index (κ2) is 9.60. The maximum atomic E-state index is 12.3. The summed E-state index contributed by atoms with van der Waals surface area (Å²) in [6.07, 6.45) is 12.5. The van der Waals surface area contributed by atoms with Gasteiger partial charge >= 0.3 is 6.09 Å². The number of rotatable bonds is 1. The molecule has 156 valence electrons. The molecule has 4 atom stereocenters. The Balaban J connectivity index is 1.56. The van der Waals surface area contributed by atoms with E-state index in [-0.39, 0.29) is 17.7 Å². The van der Waals surface area contributed by atoms with Gasteiger partial charge < -0.3 is 15.4 Å². The Morgan fingerprint density at radius 3 is 2.56 bits per heavy atom. The van der Waals surface area contributed by atoms with Gasteiger partial charge in [-0.05, 0) is 71.8 Å². The number of hydrogen-bond donors (Lipinski definition) is 2. The molecule has 0 bridgehead atoms. The minimum absolute atomic E-state index is 0.00625. The van der Waals surface area contributed by atoms with Gasteiger partial charge in [-0.1, -0.05) is 25.7 Å². The number of carbonyl (C=O) groups excluding carboxylic acids is 1. The van der Waals surface area contributed by atoms with E-state index in [9.17, 15) is 4.79 Å². The van der Waals surface area contributed by atoms with Crippen LogP contribution in [0.3, 0.4) is 0 Å². The summed E-state index contributed by atoms with van der Waals surface area (Å²) >= 11 is 0. The monoisotopic (exact) mass is 379 g/mol. The molecule has 0 aromatic heterocycles. The van der Waals surface area contributed by atoms with Crippen molar-refractivity contribution in [3.63, 3.8) is 0 Å². The van der Waals surface area contributed by atoms with E-state index in [0.29, 0.717) is 6.04 Å². The van der Waals surface area contributed by atoms with Gasteiger partial charge in [0.15, 0.2) is 0 Å². The smallest absolute Gasteiger partial charge is 0.407 e. The molecule has 3 fully saturated rings. The van der Waals surface area contributed by atoms with Crippen LogP contribution in [-0.4, -0.2) is 54.4 Å². The summed E-state index contributed by atoms with van der Waals surface area (Å²) in [7, 11) is 0. The van der Waals surface area contributed by atoms with Gasteiger partial charge in [-0.3, -0.25) is 4.90 Å². The molecule has 0 radical (unpaired) electrons. The van der Waals surface area contributed by atoms with Crippen LogP contribution in [0.15, 0.2) is 0 Å². The Morgan fingerprint density at radius 2 is 1.78 bits per heavy atom. The van der Waals surface area contributed by atoms with Crippen molar-refractivity contribution < 1.29 is 9.53 Å². The van der Waals surface area contributed by atoms with Gasteiger partial charge in [0, 0.05) is 30.7 Å². The number of ether oxygens (including phenoxy) is 1.